The number of hydrogen-bond donors (Lipinski definition) is 1. The number of carbonyl (C=O) groups excluding carboxylic acids is 1. The molecule has 5 nitrogen and oxygen atoms in total. The van der Waals surface area contributed by atoms with E-state index in [0.717, 1.165) is 0 Å². The number of nitriles is 1. The van der Waals surface area contributed by atoms with Crippen molar-refractivity contribution in [3.8, 4) is 6.07 Å². The molecule has 0 aromatic heterocycles. The molecule has 1 amide bonds. The van der Waals surface area contributed by atoms with Crippen molar-refractivity contribution in [3.63, 3.8) is 0 Å². The molecule has 0 aliphatic carbocycles. The molecule has 1 heterocycles. The van der Waals surface area contributed by atoms with E-state index in [-0.39, 0.29) is 23.5 Å². The first kappa shape index (κ1) is 15.0. The van der Waals surface area contributed by atoms with Gasteiger partial charge >= 0.3 is 0 Å². The number of rotatable bonds is 4. The lowest BCUT2D eigenvalue weighted by molar-refractivity contribution is -0.129. The van der Waals surface area contributed by atoms with E-state index in [1.807, 2.05) is 13.8 Å². The highest BCUT2D eigenvalue weighted by Crippen LogP contribution is 2.26. The summed E-state index contributed by atoms with van der Waals surface area (Å²) in [5, 5.41) is 12.0. The first-order valence-corrected chi connectivity index (χ1v) is 8.14. The average molecular weight is 272 g/mol. The second-order valence-electron chi connectivity index (χ2n) is 4.80. The van der Waals surface area contributed by atoms with E-state index in [1.54, 1.807) is 0 Å². The van der Waals surface area contributed by atoms with Crippen LogP contribution < -0.4 is 5.32 Å². The third-order valence-corrected chi connectivity index (χ3v) is 5.46. The van der Waals surface area contributed by atoms with Gasteiger partial charge in [-0.25, -0.2) is 8.42 Å². The minimum atomic E-state index is -2.92. The maximum Gasteiger partial charge on any atom is 0.240 e. The Bertz CT molecular complexity index is 432. The van der Waals surface area contributed by atoms with Crippen molar-refractivity contribution >= 4 is 15.7 Å². The fraction of sp³-hybridized carbons (Fsp3) is 0.833. The second-order valence-corrected chi connectivity index (χ2v) is 7.10. The third-order valence-electron chi connectivity index (χ3n) is 3.75. The van der Waals surface area contributed by atoms with Crippen LogP contribution in [-0.2, 0) is 14.6 Å². The highest BCUT2D eigenvalue weighted by Gasteiger charge is 2.37. The average Bonchev–Trinajstić information content (AvgIpc) is 2.35. The molecule has 1 fully saturated rings. The Morgan fingerprint density at radius 2 is 1.83 bits per heavy atom. The number of hydrogen-bond acceptors (Lipinski definition) is 4. The number of carbonyl (C=O) groups is 1. The Labute approximate surface area is 108 Å². The number of nitrogens with one attached hydrogen (secondary N) is 1. The third kappa shape index (κ3) is 3.22. The number of sulfone groups is 1. The quantitative estimate of drug-likeness (QED) is 0.827. The van der Waals surface area contributed by atoms with Gasteiger partial charge in [0.2, 0.25) is 5.91 Å². The lowest BCUT2D eigenvalue weighted by atomic mass is 9.82. The first-order valence-electron chi connectivity index (χ1n) is 6.31. The normalized spacial score (nSPS) is 20.1. The van der Waals surface area contributed by atoms with Crippen LogP contribution in [0.2, 0.25) is 0 Å². The van der Waals surface area contributed by atoms with Crippen LogP contribution in [0, 0.1) is 16.7 Å². The van der Waals surface area contributed by atoms with Crippen LogP contribution in [0.15, 0.2) is 0 Å². The van der Waals surface area contributed by atoms with Crippen LogP contribution in [0.1, 0.15) is 39.5 Å². The van der Waals surface area contributed by atoms with Gasteiger partial charge in [-0.3, -0.25) is 4.79 Å². The molecule has 1 rings (SSSR count). The molecule has 0 aromatic rings. The molecule has 18 heavy (non-hydrogen) atoms. The van der Waals surface area contributed by atoms with Crippen molar-refractivity contribution in [2.75, 3.05) is 11.5 Å². The van der Waals surface area contributed by atoms with Gasteiger partial charge in [-0.1, -0.05) is 13.8 Å². The topological polar surface area (TPSA) is 87.0 Å². The predicted octanol–water partition coefficient (Wildman–Crippen LogP) is 1.01. The summed E-state index contributed by atoms with van der Waals surface area (Å²) >= 11 is 0. The van der Waals surface area contributed by atoms with E-state index in [0.29, 0.717) is 25.7 Å². The Balaban J connectivity index is 2.64. The Morgan fingerprint density at radius 3 is 2.22 bits per heavy atom. The van der Waals surface area contributed by atoms with Crippen LogP contribution >= 0.6 is 0 Å². The molecule has 1 aliphatic rings. The minimum Gasteiger partial charge on any atom is -0.352 e. The lowest BCUT2D eigenvalue weighted by Crippen LogP contribution is -2.47. The molecule has 1 aliphatic heterocycles. The molecule has 6 heteroatoms. The van der Waals surface area contributed by atoms with Crippen molar-refractivity contribution in [1.29, 1.82) is 5.26 Å². The Hall–Kier alpha value is -1.09. The van der Waals surface area contributed by atoms with E-state index in [4.69, 9.17) is 5.26 Å². The fourth-order valence-corrected chi connectivity index (χ4v) is 3.63. The Morgan fingerprint density at radius 1 is 1.33 bits per heavy atom. The van der Waals surface area contributed by atoms with Gasteiger partial charge in [-0.15, -0.1) is 0 Å². The molecule has 0 bridgehead atoms. The summed E-state index contributed by atoms with van der Waals surface area (Å²) in [5.41, 5.74) is -0.976. The van der Waals surface area contributed by atoms with Crippen LogP contribution in [0.25, 0.3) is 0 Å². The van der Waals surface area contributed by atoms with E-state index in [2.05, 4.69) is 11.4 Å². The zero-order valence-electron chi connectivity index (χ0n) is 10.9. The minimum absolute atomic E-state index is 0.119. The molecule has 1 saturated heterocycles. The van der Waals surface area contributed by atoms with Crippen molar-refractivity contribution in [2.45, 2.75) is 45.6 Å². The van der Waals surface area contributed by atoms with Gasteiger partial charge in [0.1, 0.15) is 15.3 Å². The van der Waals surface area contributed by atoms with E-state index < -0.39 is 15.3 Å². The van der Waals surface area contributed by atoms with Crippen LogP contribution in [0.4, 0.5) is 0 Å². The summed E-state index contributed by atoms with van der Waals surface area (Å²) in [6.45, 7) is 3.63. The van der Waals surface area contributed by atoms with Gasteiger partial charge in [0.25, 0.3) is 0 Å². The SMILES string of the molecule is CCC(C#N)(CC)C(=O)NC1CCS(=O)(=O)CC1. The van der Waals surface area contributed by atoms with Crippen LogP contribution in [-0.4, -0.2) is 31.9 Å². The van der Waals surface area contributed by atoms with Crippen LogP contribution in [0.5, 0.6) is 0 Å². The summed E-state index contributed by atoms with van der Waals surface area (Å²) in [6.07, 6.45) is 1.83. The summed E-state index contributed by atoms with van der Waals surface area (Å²) in [7, 11) is -2.92. The molecule has 0 atom stereocenters. The highest BCUT2D eigenvalue weighted by molar-refractivity contribution is 7.91. The molecule has 1 N–H and O–H groups in total. The van der Waals surface area contributed by atoms with Gasteiger partial charge in [0.15, 0.2) is 0 Å². The summed E-state index contributed by atoms with van der Waals surface area (Å²) in [6, 6.07) is 1.97. The van der Waals surface area contributed by atoms with Gasteiger partial charge in [-0.2, -0.15) is 5.26 Å². The van der Waals surface area contributed by atoms with Crippen LogP contribution in [0.3, 0.4) is 0 Å². The molecule has 0 saturated carbocycles. The summed E-state index contributed by atoms with van der Waals surface area (Å²) in [4.78, 5) is 12.1. The maximum atomic E-state index is 12.1. The van der Waals surface area contributed by atoms with Gasteiger partial charge < -0.3 is 5.32 Å². The van der Waals surface area contributed by atoms with Crippen molar-refractivity contribution in [2.24, 2.45) is 5.41 Å². The van der Waals surface area contributed by atoms with Gasteiger partial charge in [0.05, 0.1) is 17.6 Å². The maximum absolute atomic E-state index is 12.1. The zero-order valence-corrected chi connectivity index (χ0v) is 11.7. The predicted molar refractivity (Wildman–Crippen MR) is 68.4 cm³/mol. The summed E-state index contributed by atoms with van der Waals surface area (Å²) < 4.78 is 22.6. The largest absolute Gasteiger partial charge is 0.352 e. The van der Waals surface area contributed by atoms with Crippen molar-refractivity contribution in [3.05, 3.63) is 0 Å². The first-order chi connectivity index (χ1) is 8.39. The summed E-state index contributed by atoms with van der Waals surface area (Å²) in [5.74, 6) is -0.0230. The molecule has 0 radical (unpaired) electrons. The molecular formula is C12H20N2O3S. The smallest absolute Gasteiger partial charge is 0.240 e. The molecule has 0 spiro atoms. The number of amides is 1. The standard InChI is InChI=1S/C12H20N2O3S/c1-3-12(4-2,9-13)11(15)14-10-5-7-18(16,17)8-6-10/h10H,3-8H2,1-2H3,(H,14,15). The van der Waals surface area contributed by atoms with Gasteiger partial charge in [-0.05, 0) is 25.7 Å². The zero-order chi connectivity index (χ0) is 13.8. The highest BCUT2D eigenvalue weighted by atomic mass is 32.2. The van der Waals surface area contributed by atoms with Gasteiger partial charge in [0, 0.05) is 6.04 Å². The molecule has 0 aromatic carbocycles. The van der Waals surface area contributed by atoms with Crippen molar-refractivity contribution in [1.82, 2.24) is 5.32 Å². The molecular weight excluding hydrogens is 252 g/mol. The lowest BCUT2D eigenvalue weighted by Gasteiger charge is -2.28. The molecule has 102 valence electrons. The Kier molecular flexibility index (Phi) is 4.74. The second kappa shape index (κ2) is 5.70. The van der Waals surface area contributed by atoms with E-state index in [1.165, 1.54) is 0 Å². The van der Waals surface area contributed by atoms with E-state index in [9.17, 15) is 13.2 Å². The van der Waals surface area contributed by atoms with E-state index >= 15 is 0 Å². The fourth-order valence-electron chi connectivity index (χ4n) is 2.14. The molecule has 0 unspecified atom stereocenters. The number of nitrogens with zero attached hydrogens (tertiary/aromatic N) is 1. The van der Waals surface area contributed by atoms with Crippen molar-refractivity contribution < 1.29 is 13.2 Å². The monoisotopic (exact) mass is 272 g/mol.